The number of benzene rings is 1. The van der Waals surface area contributed by atoms with E-state index in [4.69, 9.17) is 4.74 Å². The highest BCUT2D eigenvalue weighted by atomic mass is 16.5. The van der Waals surface area contributed by atoms with Crippen LogP contribution < -0.4 is 16.0 Å². The summed E-state index contributed by atoms with van der Waals surface area (Å²) in [5.74, 6) is 0.739. The first-order valence-electron chi connectivity index (χ1n) is 9.59. The molecule has 150 valence electrons. The minimum atomic E-state index is 0.00839. The number of carbonyl (C=O) groups is 1. The van der Waals surface area contributed by atoms with Crippen molar-refractivity contribution in [3.05, 3.63) is 35.9 Å². The Morgan fingerprint density at radius 2 is 1.85 bits per heavy atom. The van der Waals surface area contributed by atoms with Gasteiger partial charge in [0.25, 0.3) is 0 Å². The molecule has 0 spiro atoms. The molecule has 1 saturated heterocycles. The summed E-state index contributed by atoms with van der Waals surface area (Å²) in [5.41, 5.74) is 1.11. The number of carbonyl (C=O) groups excluding carboxylic acids is 1. The normalized spacial score (nSPS) is 16.0. The van der Waals surface area contributed by atoms with Gasteiger partial charge in [0, 0.05) is 51.7 Å². The molecule has 1 fully saturated rings. The third-order valence-electron chi connectivity index (χ3n) is 4.76. The second-order valence-electron chi connectivity index (χ2n) is 7.28. The number of amides is 1. The summed E-state index contributed by atoms with van der Waals surface area (Å²) in [6, 6.07) is 9.91. The lowest BCUT2D eigenvalue weighted by Crippen LogP contribution is -2.56. The number of hydrogen-bond acceptors (Lipinski definition) is 4. The average Bonchev–Trinajstić information content (AvgIpc) is 2.70. The van der Waals surface area contributed by atoms with Crippen molar-refractivity contribution in [1.82, 2.24) is 20.9 Å². The highest BCUT2D eigenvalue weighted by Crippen LogP contribution is 2.14. The van der Waals surface area contributed by atoms with Gasteiger partial charge in [-0.05, 0) is 19.4 Å². The first-order chi connectivity index (χ1) is 13.0. The van der Waals surface area contributed by atoms with E-state index in [0.717, 1.165) is 38.4 Å². The maximum Gasteiger partial charge on any atom is 0.222 e. The van der Waals surface area contributed by atoms with Crippen LogP contribution in [0.3, 0.4) is 0 Å². The molecule has 0 radical (unpaired) electrons. The van der Waals surface area contributed by atoms with Crippen LogP contribution in [0.5, 0.6) is 0 Å². The number of nitrogens with zero attached hydrogens (tertiary/aromatic N) is 2. The van der Waals surface area contributed by atoms with Crippen LogP contribution in [0.25, 0.3) is 0 Å². The Bertz CT molecular complexity index is 598. The molecule has 1 aliphatic rings. The van der Waals surface area contributed by atoms with Crippen LogP contribution in [0.2, 0.25) is 0 Å². The van der Waals surface area contributed by atoms with Crippen molar-refractivity contribution in [2.45, 2.75) is 32.4 Å². The van der Waals surface area contributed by atoms with Gasteiger partial charge in [-0.1, -0.05) is 30.3 Å². The molecule has 1 aromatic carbocycles. The number of rotatable bonds is 8. The van der Waals surface area contributed by atoms with Crippen molar-refractivity contribution in [1.29, 1.82) is 0 Å². The van der Waals surface area contributed by atoms with E-state index in [0.29, 0.717) is 25.5 Å². The molecular weight excluding hydrogens is 342 g/mol. The Morgan fingerprint density at radius 1 is 1.15 bits per heavy atom. The minimum Gasteiger partial charge on any atom is -0.379 e. The second-order valence-corrected chi connectivity index (χ2v) is 7.28. The average molecular weight is 376 g/mol. The van der Waals surface area contributed by atoms with Gasteiger partial charge in [-0.2, -0.15) is 0 Å². The summed E-state index contributed by atoms with van der Waals surface area (Å²) in [5, 5.41) is 9.50. The molecule has 0 aliphatic carbocycles. The van der Waals surface area contributed by atoms with Crippen LogP contribution in [0.4, 0.5) is 0 Å². The third kappa shape index (κ3) is 7.56. The van der Waals surface area contributed by atoms with Gasteiger partial charge in [-0.3, -0.25) is 14.7 Å². The lowest BCUT2D eigenvalue weighted by molar-refractivity contribution is -0.121. The van der Waals surface area contributed by atoms with E-state index in [2.05, 4.69) is 39.7 Å². The highest BCUT2D eigenvalue weighted by molar-refractivity contribution is 5.81. The molecule has 1 aliphatic heterocycles. The van der Waals surface area contributed by atoms with Crippen molar-refractivity contribution in [3.63, 3.8) is 0 Å². The fraction of sp³-hybridized carbons (Fsp3) is 0.600. The van der Waals surface area contributed by atoms with E-state index in [9.17, 15) is 4.79 Å². The Balaban J connectivity index is 1.65. The molecule has 27 heavy (non-hydrogen) atoms. The molecule has 1 amide bonds. The SMILES string of the molecule is CN=C(NCCC(=O)NCc1ccccc1)NCC(C)(C)N1CCOCC1. The lowest BCUT2D eigenvalue weighted by atomic mass is 10.0. The first-order valence-corrected chi connectivity index (χ1v) is 9.59. The molecule has 0 saturated carbocycles. The van der Waals surface area contributed by atoms with Crippen LogP contribution in [0.15, 0.2) is 35.3 Å². The third-order valence-corrected chi connectivity index (χ3v) is 4.76. The van der Waals surface area contributed by atoms with E-state index in [1.807, 2.05) is 30.3 Å². The number of aliphatic imine (C=N–C) groups is 1. The minimum absolute atomic E-state index is 0.00839. The predicted octanol–water partition coefficient (Wildman–Crippen LogP) is 0.969. The molecule has 7 nitrogen and oxygen atoms in total. The summed E-state index contributed by atoms with van der Waals surface area (Å²) >= 11 is 0. The first kappa shape index (κ1) is 21.2. The van der Waals surface area contributed by atoms with Gasteiger partial charge in [-0.25, -0.2) is 0 Å². The molecular formula is C20H33N5O2. The largest absolute Gasteiger partial charge is 0.379 e. The number of hydrogen-bond donors (Lipinski definition) is 3. The topological polar surface area (TPSA) is 78.0 Å². The number of morpholine rings is 1. The van der Waals surface area contributed by atoms with Crippen LogP contribution in [-0.4, -0.2) is 68.7 Å². The van der Waals surface area contributed by atoms with Gasteiger partial charge in [0.05, 0.1) is 13.2 Å². The monoisotopic (exact) mass is 375 g/mol. The Morgan fingerprint density at radius 3 is 2.52 bits per heavy atom. The summed E-state index contributed by atoms with van der Waals surface area (Å²) in [7, 11) is 1.74. The van der Waals surface area contributed by atoms with Crippen molar-refractivity contribution < 1.29 is 9.53 Å². The van der Waals surface area contributed by atoms with Crippen LogP contribution in [0, 0.1) is 0 Å². The smallest absolute Gasteiger partial charge is 0.222 e. The molecule has 7 heteroatoms. The molecule has 0 unspecified atom stereocenters. The zero-order valence-electron chi connectivity index (χ0n) is 16.8. The zero-order valence-corrected chi connectivity index (χ0v) is 16.8. The van der Waals surface area contributed by atoms with Crippen LogP contribution >= 0.6 is 0 Å². The van der Waals surface area contributed by atoms with E-state index in [-0.39, 0.29) is 11.4 Å². The number of ether oxygens (including phenoxy) is 1. The van der Waals surface area contributed by atoms with Gasteiger partial charge in [0.2, 0.25) is 5.91 Å². The summed E-state index contributed by atoms with van der Waals surface area (Å²) in [4.78, 5) is 18.7. The fourth-order valence-corrected chi connectivity index (χ4v) is 2.98. The van der Waals surface area contributed by atoms with Crippen molar-refractivity contribution in [2.75, 3.05) is 46.4 Å². The van der Waals surface area contributed by atoms with E-state index in [1.165, 1.54) is 0 Å². The predicted molar refractivity (Wildman–Crippen MR) is 109 cm³/mol. The molecule has 0 aromatic heterocycles. The van der Waals surface area contributed by atoms with E-state index < -0.39 is 0 Å². The zero-order chi connectivity index (χ0) is 19.5. The standard InChI is InChI=1S/C20H33N5O2/c1-20(2,25-11-13-27-14-12-25)16-24-19(21-3)22-10-9-18(26)23-15-17-7-5-4-6-8-17/h4-8H,9-16H2,1-3H3,(H,23,26)(H2,21,22,24). The molecule has 1 aromatic rings. The maximum absolute atomic E-state index is 12.0. The molecule has 1 heterocycles. The second kappa shape index (κ2) is 10.9. The van der Waals surface area contributed by atoms with Crippen molar-refractivity contribution in [2.24, 2.45) is 4.99 Å². The van der Waals surface area contributed by atoms with Gasteiger partial charge in [-0.15, -0.1) is 0 Å². The Kier molecular flexibility index (Phi) is 8.54. The van der Waals surface area contributed by atoms with E-state index >= 15 is 0 Å². The van der Waals surface area contributed by atoms with Gasteiger partial charge in [0.15, 0.2) is 5.96 Å². The highest BCUT2D eigenvalue weighted by Gasteiger charge is 2.28. The van der Waals surface area contributed by atoms with Crippen LogP contribution in [-0.2, 0) is 16.1 Å². The number of guanidine groups is 1. The number of nitrogens with one attached hydrogen (secondary N) is 3. The Labute approximate surface area is 162 Å². The van der Waals surface area contributed by atoms with Crippen molar-refractivity contribution >= 4 is 11.9 Å². The molecule has 3 N–H and O–H groups in total. The van der Waals surface area contributed by atoms with Crippen LogP contribution in [0.1, 0.15) is 25.8 Å². The van der Waals surface area contributed by atoms with Gasteiger partial charge in [0.1, 0.15) is 0 Å². The van der Waals surface area contributed by atoms with Gasteiger partial charge >= 0.3 is 0 Å². The summed E-state index contributed by atoms with van der Waals surface area (Å²) in [6.07, 6.45) is 0.403. The summed E-state index contributed by atoms with van der Waals surface area (Å²) < 4.78 is 5.43. The maximum atomic E-state index is 12.0. The lowest BCUT2D eigenvalue weighted by Gasteiger charge is -2.41. The van der Waals surface area contributed by atoms with Gasteiger partial charge < -0.3 is 20.7 Å². The van der Waals surface area contributed by atoms with E-state index in [1.54, 1.807) is 7.05 Å². The van der Waals surface area contributed by atoms with Crippen molar-refractivity contribution in [3.8, 4) is 0 Å². The molecule has 0 atom stereocenters. The quantitative estimate of drug-likeness (QED) is 0.466. The fourth-order valence-electron chi connectivity index (χ4n) is 2.98. The molecule has 2 rings (SSSR count). The summed E-state index contributed by atoms with van der Waals surface area (Å²) in [6.45, 7) is 9.77. The molecule has 0 bridgehead atoms. The Hall–Kier alpha value is -2.12.